The van der Waals surface area contributed by atoms with Gasteiger partial charge in [-0.2, -0.15) is 13.4 Å². The number of carbonyl (C=O) groups is 1. The number of amides is 1. The molecule has 5 N–H and O–H groups in total. The van der Waals surface area contributed by atoms with Gasteiger partial charge in [0.05, 0.1) is 30.7 Å². The van der Waals surface area contributed by atoms with Gasteiger partial charge in [0, 0.05) is 74.2 Å². The molecule has 4 fully saturated rings. The Labute approximate surface area is 408 Å². The maximum Gasteiger partial charge on any atom is 0.280 e. The number of H-pyrrole nitrogens is 1. The van der Waals surface area contributed by atoms with Crippen molar-refractivity contribution in [2.45, 2.75) is 114 Å². The van der Waals surface area contributed by atoms with E-state index >= 15 is 0 Å². The second-order valence-electron chi connectivity index (χ2n) is 20.7. The van der Waals surface area contributed by atoms with Crippen molar-refractivity contribution in [3.05, 3.63) is 101 Å². The summed E-state index contributed by atoms with van der Waals surface area (Å²) in [7, 11) is -1.93. The molecule has 70 heavy (non-hydrogen) atoms. The van der Waals surface area contributed by atoms with Crippen LogP contribution in [0, 0.1) is 22.4 Å². The number of aliphatic hydroxyl groups is 1. The highest BCUT2D eigenvalue weighted by molar-refractivity contribution is 7.90. The van der Waals surface area contributed by atoms with E-state index in [-0.39, 0.29) is 61.7 Å². The summed E-state index contributed by atoms with van der Waals surface area (Å²) in [5.41, 5.74) is 4.06. The standard InChI is InChI=1S/C52H64FN9O7S/c1-32(2)36-9-6-7-10-37(36)41-11-8-21-61(41)35-28-52(29-35)18-22-60(23-19-52)34-12-13-38(43(25-34)69-44-26-39-40(53)31-56-47(39)57-50(44)68-5)49(63)58-70(66,67)45-27-42(59(4)65)46(48-54-20-24-62(45)48)55-30-33-14-16-51(3,64)17-15-33/h6-7,9-10,12-13,20,24-27,31-33,35,41,55,59,64H,8,11,14-19,21-23,28-30H2,1-5H3,(H,56,57)(H,58,63)/t33?,41-,51?/m0/s1. The Morgan fingerprint density at radius 3 is 2.53 bits per heavy atom. The molecular formula is C52H64FN9O7S. The Hall–Kier alpha value is -5.79. The number of halogens is 1. The number of hydrogen-bond donors (Lipinski definition) is 5. The van der Waals surface area contributed by atoms with Crippen molar-refractivity contribution in [1.82, 2.24) is 29.0 Å². The number of nitrogens with zero attached hydrogens (tertiary/aromatic N) is 5. The molecule has 2 aromatic carbocycles. The number of sulfonamides is 1. The number of anilines is 2. The third kappa shape index (κ3) is 9.20. The Morgan fingerprint density at radius 2 is 1.80 bits per heavy atom. The first-order valence-electron chi connectivity index (χ1n) is 24.7. The molecule has 1 unspecified atom stereocenters. The predicted molar refractivity (Wildman–Crippen MR) is 266 cm³/mol. The fourth-order valence-corrected chi connectivity index (χ4v) is 12.8. The molecule has 4 aliphatic rings. The van der Waals surface area contributed by atoms with Crippen LogP contribution in [0.4, 0.5) is 21.5 Å². The summed E-state index contributed by atoms with van der Waals surface area (Å²) in [5.74, 6) is -0.803. The molecule has 2 aliphatic heterocycles. The summed E-state index contributed by atoms with van der Waals surface area (Å²) in [5, 5.41) is 26.4. The van der Waals surface area contributed by atoms with Gasteiger partial charge in [-0.25, -0.2) is 14.1 Å². The van der Waals surface area contributed by atoms with Gasteiger partial charge in [-0.15, -0.1) is 0 Å². The molecule has 18 heteroatoms. The maximum absolute atomic E-state index is 14.9. The van der Waals surface area contributed by atoms with E-state index in [4.69, 9.17) is 9.47 Å². The highest BCUT2D eigenvalue weighted by Crippen LogP contribution is 2.54. The normalized spacial score (nSPS) is 22.4. The molecule has 0 bridgehead atoms. The molecule has 4 aromatic heterocycles. The number of likely N-dealkylation sites (tertiary alicyclic amines) is 1. The van der Waals surface area contributed by atoms with Crippen LogP contribution < -0.4 is 29.5 Å². The van der Waals surface area contributed by atoms with Crippen LogP contribution in [0.3, 0.4) is 0 Å². The zero-order chi connectivity index (χ0) is 49.1. The summed E-state index contributed by atoms with van der Waals surface area (Å²) >= 11 is 0. The number of imidazole rings is 1. The zero-order valence-electron chi connectivity index (χ0n) is 40.6. The van der Waals surface area contributed by atoms with Crippen molar-refractivity contribution < 1.29 is 37.2 Å². The number of hydroxylamine groups is 1. The number of rotatable bonds is 14. The van der Waals surface area contributed by atoms with Crippen molar-refractivity contribution in [2.24, 2.45) is 11.3 Å². The number of methoxy groups -OCH3 is 1. The summed E-state index contributed by atoms with van der Waals surface area (Å²) in [4.78, 5) is 31.0. The molecule has 1 spiro atoms. The average Bonchev–Trinajstić information content (AvgIpc) is 4.10. The second kappa shape index (κ2) is 18.8. The molecule has 2 saturated carbocycles. The first kappa shape index (κ1) is 47.9. The predicted octanol–water partition coefficient (Wildman–Crippen LogP) is 7.98. The molecule has 10 rings (SSSR count). The molecule has 6 aromatic rings. The number of aromatic amines is 1. The fourth-order valence-electron chi connectivity index (χ4n) is 11.7. The largest absolute Gasteiger partial charge is 0.629 e. The molecule has 6 heterocycles. The van der Waals surface area contributed by atoms with Crippen molar-refractivity contribution in [3.8, 4) is 17.4 Å². The molecule has 16 nitrogen and oxygen atoms in total. The van der Waals surface area contributed by atoms with Crippen molar-refractivity contribution in [3.63, 3.8) is 0 Å². The van der Waals surface area contributed by atoms with E-state index in [1.54, 1.807) is 12.1 Å². The Bertz CT molecular complexity index is 3020. The van der Waals surface area contributed by atoms with Crippen LogP contribution in [0.1, 0.15) is 118 Å². The van der Waals surface area contributed by atoms with Crippen LogP contribution in [0.5, 0.6) is 17.4 Å². The molecule has 1 amide bonds. The molecule has 372 valence electrons. The minimum Gasteiger partial charge on any atom is -0.629 e. The molecular weight excluding hydrogens is 914 g/mol. The van der Waals surface area contributed by atoms with Crippen LogP contribution >= 0.6 is 0 Å². The SMILES string of the molecule is COc1nc2[nH]cc(F)c2cc1Oc1cc(N2CCC3(CC2)CC(N2CCC[C@H]2c2ccccc2C(C)C)C3)ccc1C(=O)NS(=O)(=O)c1cc([NH+](C)[O-])c(NCC2CCC(C)(O)CC2)c2nccn12. The number of quaternary nitrogens is 1. The Balaban J connectivity index is 0.898. The molecule has 2 atom stereocenters. The lowest BCUT2D eigenvalue weighted by Crippen LogP contribution is -2.98. The minimum absolute atomic E-state index is 0.00678. The van der Waals surface area contributed by atoms with Crippen LogP contribution in [0.15, 0.2) is 78.2 Å². The monoisotopic (exact) mass is 977 g/mol. The van der Waals surface area contributed by atoms with E-state index in [1.807, 2.05) is 6.92 Å². The van der Waals surface area contributed by atoms with Crippen molar-refractivity contribution in [2.75, 3.05) is 50.6 Å². The number of nitrogens with one attached hydrogen (secondary N) is 4. The summed E-state index contributed by atoms with van der Waals surface area (Å²) in [6, 6.07) is 17.7. The number of fused-ring (bicyclic) bond motifs is 2. The van der Waals surface area contributed by atoms with Crippen molar-refractivity contribution >= 4 is 49.7 Å². The fraction of sp³-hybridized carbons (Fsp3) is 0.481. The van der Waals surface area contributed by atoms with E-state index in [0.29, 0.717) is 43.1 Å². The van der Waals surface area contributed by atoms with Gasteiger partial charge in [0.15, 0.2) is 22.1 Å². The zero-order valence-corrected chi connectivity index (χ0v) is 41.4. The van der Waals surface area contributed by atoms with Gasteiger partial charge >= 0.3 is 0 Å². The summed E-state index contributed by atoms with van der Waals surface area (Å²) < 4.78 is 59.2. The number of ether oxygens (including phenoxy) is 2. The third-order valence-corrected chi connectivity index (χ3v) is 17.0. The van der Waals surface area contributed by atoms with Gasteiger partial charge in [-0.3, -0.25) is 14.1 Å². The van der Waals surface area contributed by atoms with E-state index < -0.39 is 32.4 Å². The number of hydrogen-bond acceptors (Lipinski definition) is 12. The smallest absolute Gasteiger partial charge is 0.280 e. The van der Waals surface area contributed by atoms with Crippen molar-refractivity contribution in [1.29, 1.82) is 0 Å². The first-order valence-corrected chi connectivity index (χ1v) is 26.2. The highest BCUT2D eigenvalue weighted by atomic mass is 32.2. The number of carbonyl (C=O) groups excluding carboxylic acids is 1. The number of pyridine rings is 2. The number of benzene rings is 2. The van der Waals surface area contributed by atoms with Crippen LogP contribution in [0.2, 0.25) is 0 Å². The van der Waals surface area contributed by atoms with E-state index in [0.717, 1.165) is 63.8 Å². The molecule has 0 radical (unpaired) electrons. The van der Waals surface area contributed by atoms with Crippen LogP contribution in [-0.2, 0) is 10.0 Å². The minimum atomic E-state index is -4.68. The second-order valence-corrected chi connectivity index (χ2v) is 22.4. The van der Waals surface area contributed by atoms with E-state index in [2.05, 4.69) is 72.9 Å². The lowest BCUT2D eigenvalue weighted by molar-refractivity contribution is -0.750. The summed E-state index contributed by atoms with van der Waals surface area (Å²) in [6.07, 6.45) is 13.7. The number of piperidine rings is 1. The van der Waals surface area contributed by atoms with Crippen LogP contribution in [-0.4, -0.2) is 95.7 Å². The van der Waals surface area contributed by atoms with Gasteiger partial charge < -0.3 is 40.1 Å². The van der Waals surface area contributed by atoms with Gasteiger partial charge in [0.1, 0.15) is 22.9 Å². The Kier molecular flexibility index (Phi) is 12.8. The van der Waals surface area contributed by atoms with Gasteiger partial charge in [0.25, 0.3) is 21.8 Å². The Morgan fingerprint density at radius 1 is 1.04 bits per heavy atom. The van der Waals surface area contributed by atoms with E-state index in [9.17, 15) is 27.9 Å². The van der Waals surface area contributed by atoms with Crippen LogP contribution in [0.25, 0.3) is 16.7 Å². The quantitative estimate of drug-likeness (QED) is 0.0662. The molecule has 2 aliphatic carbocycles. The van der Waals surface area contributed by atoms with Gasteiger partial charge in [0.2, 0.25) is 0 Å². The van der Waals surface area contributed by atoms with E-state index in [1.165, 1.54) is 79.3 Å². The van der Waals surface area contributed by atoms with Gasteiger partial charge in [-0.1, -0.05) is 38.1 Å². The lowest BCUT2D eigenvalue weighted by Gasteiger charge is -2.56. The maximum atomic E-state index is 14.9. The number of aromatic nitrogens is 4. The molecule has 2 saturated heterocycles. The average molecular weight is 978 g/mol. The van der Waals surface area contributed by atoms with Gasteiger partial charge in [-0.05, 0) is 118 Å². The first-order chi connectivity index (χ1) is 33.5. The highest BCUT2D eigenvalue weighted by Gasteiger charge is 2.50. The summed E-state index contributed by atoms with van der Waals surface area (Å²) in [6.45, 7) is 9.58. The topological polar surface area (TPSA) is 194 Å². The lowest BCUT2D eigenvalue weighted by atomic mass is 9.59. The third-order valence-electron chi connectivity index (χ3n) is 15.7.